The SMILES string of the molecule is O=C(c1ccc([N+](=O)[O-])cc1F)N1CCN(c2ccccc2)C(=O)C1. The topological polar surface area (TPSA) is 83.8 Å². The molecule has 7 nitrogen and oxygen atoms in total. The predicted molar refractivity (Wildman–Crippen MR) is 87.8 cm³/mol. The number of para-hydroxylation sites is 1. The van der Waals surface area contributed by atoms with E-state index < -0.39 is 22.3 Å². The fraction of sp³-hybridized carbons (Fsp3) is 0.176. The molecule has 25 heavy (non-hydrogen) atoms. The maximum atomic E-state index is 14.0. The van der Waals surface area contributed by atoms with Crippen LogP contribution in [0.3, 0.4) is 0 Å². The number of carbonyl (C=O) groups excluding carboxylic acids is 2. The summed E-state index contributed by atoms with van der Waals surface area (Å²) in [5.74, 6) is -1.90. The number of anilines is 1. The Balaban J connectivity index is 1.75. The molecule has 1 saturated heterocycles. The molecule has 3 rings (SSSR count). The third kappa shape index (κ3) is 3.32. The van der Waals surface area contributed by atoms with Gasteiger partial charge >= 0.3 is 0 Å². The number of amides is 2. The van der Waals surface area contributed by atoms with Gasteiger partial charge in [-0.15, -0.1) is 0 Å². The van der Waals surface area contributed by atoms with Crippen LogP contribution in [0.2, 0.25) is 0 Å². The van der Waals surface area contributed by atoms with E-state index in [0.717, 1.165) is 17.8 Å². The molecule has 1 aliphatic rings. The third-order valence-electron chi connectivity index (χ3n) is 3.97. The van der Waals surface area contributed by atoms with Crippen molar-refractivity contribution in [3.05, 3.63) is 70.0 Å². The van der Waals surface area contributed by atoms with Crippen LogP contribution in [-0.2, 0) is 4.79 Å². The summed E-state index contributed by atoms with van der Waals surface area (Å²) in [7, 11) is 0. The molecule has 2 aromatic rings. The molecule has 0 spiro atoms. The first kappa shape index (κ1) is 16.6. The van der Waals surface area contributed by atoms with Gasteiger partial charge in [0.1, 0.15) is 12.4 Å². The van der Waals surface area contributed by atoms with Crippen LogP contribution in [0.5, 0.6) is 0 Å². The van der Waals surface area contributed by atoms with Gasteiger partial charge in [0.15, 0.2) is 0 Å². The molecule has 0 atom stereocenters. The Morgan fingerprint density at radius 1 is 1.12 bits per heavy atom. The number of benzene rings is 2. The average molecular weight is 343 g/mol. The van der Waals surface area contributed by atoms with Crippen molar-refractivity contribution in [1.29, 1.82) is 0 Å². The van der Waals surface area contributed by atoms with Gasteiger partial charge in [0.2, 0.25) is 5.91 Å². The van der Waals surface area contributed by atoms with Crippen molar-refractivity contribution in [2.75, 3.05) is 24.5 Å². The highest BCUT2D eigenvalue weighted by molar-refractivity contribution is 6.01. The third-order valence-corrected chi connectivity index (χ3v) is 3.97. The number of carbonyl (C=O) groups is 2. The van der Waals surface area contributed by atoms with Gasteiger partial charge < -0.3 is 9.80 Å². The van der Waals surface area contributed by atoms with E-state index >= 15 is 0 Å². The van der Waals surface area contributed by atoms with Gasteiger partial charge in [0.25, 0.3) is 11.6 Å². The van der Waals surface area contributed by atoms with Crippen molar-refractivity contribution >= 4 is 23.2 Å². The maximum Gasteiger partial charge on any atom is 0.272 e. The Morgan fingerprint density at radius 2 is 1.84 bits per heavy atom. The molecule has 0 unspecified atom stereocenters. The first-order valence-electron chi connectivity index (χ1n) is 7.56. The fourth-order valence-corrected chi connectivity index (χ4v) is 2.69. The number of nitro groups is 1. The van der Waals surface area contributed by atoms with Gasteiger partial charge in [0.05, 0.1) is 16.6 Å². The van der Waals surface area contributed by atoms with Crippen LogP contribution in [0, 0.1) is 15.9 Å². The van der Waals surface area contributed by atoms with Crippen LogP contribution in [0.4, 0.5) is 15.8 Å². The maximum absolute atomic E-state index is 14.0. The number of piperazine rings is 1. The van der Waals surface area contributed by atoms with E-state index in [4.69, 9.17) is 0 Å². The van der Waals surface area contributed by atoms with Gasteiger partial charge in [-0.25, -0.2) is 4.39 Å². The fourth-order valence-electron chi connectivity index (χ4n) is 2.69. The van der Waals surface area contributed by atoms with E-state index in [9.17, 15) is 24.1 Å². The highest BCUT2D eigenvalue weighted by atomic mass is 19.1. The van der Waals surface area contributed by atoms with E-state index in [2.05, 4.69) is 0 Å². The van der Waals surface area contributed by atoms with Gasteiger partial charge in [-0.3, -0.25) is 19.7 Å². The molecular weight excluding hydrogens is 329 g/mol. The van der Waals surface area contributed by atoms with Crippen molar-refractivity contribution in [3.63, 3.8) is 0 Å². The van der Waals surface area contributed by atoms with Crippen LogP contribution in [0.25, 0.3) is 0 Å². The Bertz CT molecular complexity index is 841. The minimum absolute atomic E-state index is 0.176. The summed E-state index contributed by atoms with van der Waals surface area (Å²) in [5.41, 5.74) is 0.0201. The lowest BCUT2D eigenvalue weighted by Gasteiger charge is -2.34. The summed E-state index contributed by atoms with van der Waals surface area (Å²) >= 11 is 0. The summed E-state index contributed by atoms with van der Waals surface area (Å²) in [6, 6.07) is 11.9. The Morgan fingerprint density at radius 3 is 2.44 bits per heavy atom. The number of nitro benzene ring substituents is 1. The highest BCUT2D eigenvalue weighted by Gasteiger charge is 2.30. The lowest BCUT2D eigenvalue weighted by atomic mass is 10.1. The second-order valence-electron chi connectivity index (χ2n) is 5.53. The van der Waals surface area contributed by atoms with Crippen molar-refractivity contribution in [2.45, 2.75) is 0 Å². The minimum Gasteiger partial charge on any atom is -0.327 e. The monoisotopic (exact) mass is 343 g/mol. The van der Waals surface area contributed by atoms with E-state index in [1.807, 2.05) is 18.2 Å². The molecule has 8 heteroatoms. The zero-order valence-electron chi connectivity index (χ0n) is 13.1. The van der Waals surface area contributed by atoms with Crippen LogP contribution >= 0.6 is 0 Å². The largest absolute Gasteiger partial charge is 0.327 e. The summed E-state index contributed by atoms with van der Waals surface area (Å²) in [6.07, 6.45) is 0. The van der Waals surface area contributed by atoms with Crippen molar-refractivity contribution in [1.82, 2.24) is 4.90 Å². The molecule has 1 fully saturated rings. The minimum atomic E-state index is -0.975. The van der Waals surface area contributed by atoms with Crippen molar-refractivity contribution in [3.8, 4) is 0 Å². The number of nitrogens with zero attached hydrogens (tertiary/aromatic N) is 3. The molecule has 1 heterocycles. The molecule has 0 aliphatic carbocycles. The van der Waals surface area contributed by atoms with Crippen molar-refractivity contribution < 1.29 is 18.9 Å². The second-order valence-corrected chi connectivity index (χ2v) is 5.53. The van der Waals surface area contributed by atoms with Gasteiger partial charge in [-0.05, 0) is 18.2 Å². The number of non-ortho nitro benzene ring substituents is 1. The number of hydrogen-bond donors (Lipinski definition) is 0. The zero-order valence-corrected chi connectivity index (χ0v) is 13.1. The van der Waals surface area contributed by atoms with E-state index in [0.29, 0.717) is 12.6 Å². The Hall–Kier alpha value is -3.29. The van der Waals surface area contributed by atoms with Gasteiger partial charge in [-0.2, -0.15) is 0 Å². The van der Waals surface area contributed by atoms with E-state index in [1.165, 1.54) is 4.90 Å². The first-order chi connectivity index (χ1) is 12.0. The standard InChI is InChI=1S/C17H14FN3O4/c18-15-10-13(21(24)25)6-7-14(15)17(23)19-8-9-20(16(22)11-19)12-4-2-1-3-5-12/h1-7,10H,8-9,11H2. The molecule has 0 aromatic heterocycles. The smallest absolute Gasteiger partial charge is 0.272 e. The molecular formula is C17H14FN3O4. The Kier molecular flexibility index (Phi) is 4.42. The zero-order chi connectivity index (χ0) is 18.0. The summed E-state index contributed by atoms with van der Waals surface area (Å²) in [6.45, 7) is 0.364. The predicted octanol–water partition coefficient (Wildman–Crippen LogP) is 2.22. The second kappa shape index (κ2) is 6.68. The van der Waals surface area contributed by atoms with Gasteiger partial charge in [-0.1, -0.05) is 18.2 Å². The highest BCUT2D eigenvalue weighted by Crippen LogP contribution is 2.21. The number of rotatable bonds is 3. The molecule has 1 aliphatic heterocycles. The molecule has 2 aromatic carbocycles. The first-order valence-corrected chi connectivity index (χ1v) is 7.56. The average Bonchev–Trinajstić information content (AvgIpc) is 2.61. The van der Waals surface area contributed by atoms with Crippen LogP contribution < -0.4 is 4.90 Å². The van der Waals surface area contributed by atoms with Gasteiger partial charge in [0, 0.05) is 24.8 Å². The quantitative estimate of drug-likeness (QED) is 0.632. The summed E-state index contributed by atoms with van der Waals surface area (Å²) in [5, 5.41) is 10.6. The molecule has 128 valence electrons. The normalized spacial score (nSPS) is 14.5. The number of halogens is 1. The van der Waals surface area contributed by atoms with E-state index in [-0.39, 0.29) is 24.6 Å². The number of hydrogen-bond acceptors (Lipinski definition) is 4. The summed E-state index contributed by atoms with van der Waals surface area (Å²) < 4.78 is 14.0. The van der Waals surface area contributed by atoms with Crippen LogP contribution in [0.15, 0.2) is 48.5 Å². The van der Waals surface area contributed by atoms with Crippen LogP contribution in [-0.4, -0.2) is 41.3 Å². The molecule has 2 amide bonds. The van der Waals surface area contributed by atoms with E-state index in [1.54, 1.807) is 17.0 Å². The summed E-state index contributed by atoms with van der Waals surface area (Å²) in [4.78, 5) is 37.5. The Labute approximate surface area is 142 Å². The lowest BCUT2D eigenvalue weighted by molar-refractivity contribution is -0.385. The van der Waals surface area contributed by atoms with Crippen LogP contribution in [0.1, 0.15) is 10.4 Å². The molecule has 0 bridgehead atoms. The molecule has 0 saturated carbocycles. The molecule has 0 N–H and O–H groups in total. The van der Waals surface area contributed by atoms with Crippen molar-refractivity contribution in [2.24, 2.45) is 0 Å². The lowest BCUT2D eigenvalue weighted by Crippen LogP contribution is -2.52. The molecule has 0 radical (unpaired) electrons.